The van der Waals surface area contributed by atoms with Crippen LogP contribution in [0.2, 0.25) is 0 Å². The van der Waals surface area contributed by atoms with Crippen molar-refractivity contribution in [2.24, 2.45) is 0 Å². The van der Waals surface area contributed by atoms with E-state index in [0.717, 1.165) is 18.7 Å². The third kappa shape index (κ3) is 2.73. The Kier molecular flexibility index (Phi) is 4.28. The summed E-state index contributed by atoms with van der Waals surface area (Å²) in [6.07, 6.45) is 4.15. The topological polar surface area (TPSA) is 25.1 Å². The molecule has 1 aromatic heterocycles. The molecule has 0 aliphatic carbocycles. The summed E-state index contributed by atoms with van der Waals surface area (Å²) >= 11 is 0. The average Bonchev–Trinajstić information content (AvgIpc) is 2.69. The van der Waals surface area contributed by atoms with E-state index in [0.29, 0.717) is 0 Å². The molecule has 0 radical (unpaired) electrons. The molecule has 1 aliphatic rings. The molecule has 1 aliphatic heterocycles. The summed E-state index contributed by atoms with van der Waals surface area (Å²) in [6.45, 7) is 0.650. The number of pyridine rings is 1. The van der Waals surface area contributed by atoms with Gasteiger partial charge in [-0.05, 0) is 12.5 Å². The van der Waals surface area contributed by atoms with Gasteiger partial charge < -0.3 is 9.13 Å². The highest BCUT2D eigenvalue weighted by Gasteiger charge is 2.44. The predicted molar refractivity (Wildman–Crippen MR) is 103 cm³/mol. The van der Waals surface area contributed by atoms with Crippen molar-refractivity contribution < 1.29 is 9.13 Å². The van der Waals surface area contributed by atoms with Gasteiger partial charge in [-0.25, -0.2) is 0 Å². The first kappa shape index (κ1) is 15.9. The molecule has 0 spiro atoms. The Labute approximate surface area is 149 Å². The standard InChI is InChI=1S/C21H23BN2O/c1-2-11-21-23-20-16-9-10-17-24(20)22(25-21,18-12-5-3-6-13-18)19-14-7-4-8-15-19/h3-10,12-17,21,23H,2,11H2,1H3/t21-/m0/s1. The van der Waals surface area contributed by atoms with Crippen LogP contribution in [-0.2, 0) is 4.65 Å². The van der Waals surface area contributed by atoms with Crippen molar-refractivity contribution in [1.29, 1.82) is 0 Å². The molecular formula is C21H23BN2O. The van der Waals surface area contributed by atoms with Crippen molar-refractivity contribution in [3.63, 3.8) is 0 Å². The lowest BCUT2D eigenvalue weighted by Crippen LogP contribution is -2.83. The fourth-order valence-electron chi connectivity index (χ4n) is 3.90. The largest absolute Gasteiger partial charge is 0.510 e. The summed E-state index contributed by atoms with van der Waals surface area (Å²) in [4.78, 5) is 0. The lowest BCUT2D eigenvalue weighted by molar-refractivity contribution is -0.547. The van der Waals surface area contributed by atoms with Gasteiger partial charge in [0.25, 0.3) is 0 Å². The van der Waals surface area contributed by atoms with Crippen LogP contribution in [0.3, 0.4) is 0 Å². The van der Waals surface area contributed by atoms with Crippen molar-refractivity contribution in [2.45, 2.75) is 26.0 Å². The molecular weight excluding hydrogens is 307 g/mol. The van der Waals surface area contributed by atoms with E-state index in [4.69, 9.17) is 4.65 Å². The molecule has 1 atom stereocenters. The summed E-state index contributed by atoms with van der Waals surface area (Å²) in [6, 6.07) is 27.4. The third-order valence-corrected chi connectivity index (χ3v) is 5.01. The van der Waals surface area contributed by atoms with E-state index in [1.807, 2.05) is 0 Å². The maximum Gasteiger partial charge on any atom is 0.374 e. The first-order chi connectivity index (χ1) is 12.3. The van der Waals surface area contributed by atoms with Gasteiger partial charge in [-0.15, -0.1) is 10.9 Å². The van der Waals surface area contributed by atoms with E-state index in [2.05, 4.69) is 102 Å². The zero-order chi connectivity index (χ0) is 17.1. The molecule has 0 unspecified atom stereocenters. The first-order valence-electron chi connectivity index (χ1n) is 9.05. The van der Waals surface area contributed by atoms with E-state index >= 15 is 0 Å². The fourth-order valence-corrected chi connectivity index (χ4v) is 3.90. The van der Waals surface area contributed by atoms with E-state index in [1.165, 1.54) is 10.9 Å². The predicted octanol–water partition coefficient (Wildman–Crippen LogP) is 2.65. The van der Waals surface area contributed by atoms with Gasteiger partial charge in [0.2, 0.25) is 5.82 Å². The molecule has 3 aromatic rings. The summed E-state index contributed by atoms with van der Waals surface area (Å²) in [7, 11) is 0. The van der Waals surface area contributed by atoms with Gasteiger partial charge in [0.15, 0.2) is 6.23 Å². The number of nitrogens with zero attached hydrogens (tertiary/aromatic N) is 1. The van der Waals surface area contributed by atoms with Crippen molar-refractivity contribution in [3.05, 3.63) is 85.1 Å². The normalized spacial score (nSPS) is 18.2. The Hall–Kier alpha value is -2.59. The number of hydrogen-bond donors (Lipinski definition) is 1. The van der Waals surface area contributed by atoms with Crippen LogP contribution in [-0.4, -0.2) is 12.7 Å². The highest BCUT2D eigenvalue weighted by molar-refractivity contribution is 6.91. The van der Waals surface area contributed by atoms with Crippen LogP contribution in [0.5, 0.6) is 0 Å². The summed E-state index contributed by atoms with van der Waals surface area (Å²) < 4.78 is 9.09. The van der Waals surface area contributed by atoms with Crippen LogP contribution in [0.1, 0.15) is 19.8 Å². The summed E-state index contributed by atoms with van der Waals surface area (Å²) in [5.74, 6) is 1.10. The average molecular weight is 330 g/mol. The van der Waals surface area contributed by atoms with Gasteiger partial charge in [0, 0.05) is 18.7 Å². The number of anilines is 1. The van der Waals surface area contributed by atoms with E-state index in [9.17, 15) is 0 Å². The third-order valence-electron chi connectivity index (χ3n) is 5.01. The lowest BCUT2D eigenvalue weighted by atomic mass is 9.41. The smallest absolute Gasteiger partial charge is 0.374 e. The fraction of sp³-hybridized carbons (Fsp3) is 0.190. The second-order valence-electron chi connectivity index (χ2n) is 6.62. The van der Waals surface area contributed by atoms with Crippen molar-refractivity contribution >= 4 is 23.2 Å². The molecule has 3 nitrogen and oxygen atoms in total. The molecule has 25 heavy (non-hydrogen) atoms. The SMILES string of the molecule is CCC[C@H]1Nc2cccc[n+]2[B-](c2ccccc2)(c2ccccc2)O1. The molecule has 0 amide bonds. The van der Waals surface area contributed by atoms with Gasteiger partial charge in [0.05, 0.1) is 0 Å². The second kappa shape index (κ2) is 6.73. The Morgan fingerprint density at radius 2 is 1.48 bits per heavy atom. The minimum Gasteiger partial charge on any atom is -0.510 e. The molecule has 4 heteroatoms. The molecule has 4 rings (SSSR count). The quantitative estimate of drug-likeness (QED) is 0.744. The number of fused-ring (bicyclic) bond motifs is 1. The molecule has 126 valence electrons. The first-order valence-corrected chi connectivity index (χ1v) is 9.05. The molecule has 0 saturated carbocycles. The van der Waals surface area contributed by atoms with E-state index < -0.39 is 6.48 Å². The van der Waals surface area contributed by atoms with Crippen LogP contribution < -0.4 is 20.7 Å². The van der Waals surface area contributed by atoms with Crippen LogP contribution in [0, 0.1) is 0 Å². The summed E-state index contributed by atoms with van der Waals surface area (Å²) in [5.41, 5.74) is 2.38. The zero-order valence-corrected chi connectivity index (χ0v) is 14.5. The van der Waals surface area contributed by atoms with Crippen LogP contribution in [0.15, 0.2) is 85.1 Å². The Balaban J connectivity index is 1.99. The molecule has 1 N–H and O–H groups in total. The van der Waals surface area contributed by atoms with Crippen molar-refractivity contribution in [3.8, 4) is 0 Å². The van der Waals surface area contributed by atoms with Gasteiger partial charge in [-0.2, -0.15) is 0 Å². The summed E-state index contributed by atoms with van der Waals surface area (Å²) in [5, 5.41) is 3.55. The van der Waals surface area contributed by atoms with Crippen molar-refractivity contribution in [2.75, 3.05) is 5.32 Å². The Bertz CT molecular complexity index is 799. The van der Waals surface area contributed by atoms with E-state index in [-0.39, 0.29) is 6.23 Å². The van der Waals surface area contributed by atoms with Crippen LogP contribution >= 0.6 is 0 Å². The Morgan fingerprint density at radius 1 is 0.880 bits per heavy atom. The van der Waals surface area contributed by atoms with Gasteiger partial charge in [0.1, 0.15) is 0 Å². The number of nitrogens with one attached hydrogen (secondary N) is 1. The number of rotatable bonds is 4. The van der Waals surface area contributed by atoms with Gasteiger partial charge in [-0.3, -0.25) is 5.32 Å². The van der Waals surface area contributed by atoms with Crippen LogP contribution in [0.25, 0.3) is 0 Å². The van der Waals surface area contributed by atoms with Gasteiger partial charge in [-0.1, -0.05) is 73.7 Å². The minimum absolute atomic E-state index is 0.00666. The maximum atomic E-state index is 6.83. The van der Waals surface area contributed by atoms with Crippen LogP contribution in [0.4, 0.5) is 5.82 Å². The maximum absolute atomic E-state index is 6.83. The Morgan fingerprint density at radius 3 is 2.08 bits per heavy atom. The second-order valence-corrected chi connectivity index (χ2v) is 6.62. The zero-order valence-electron chi connectivity index (χ0n) is 14.5. The monoisotopic (exact) mass is 330 g/mol. The molecule has 2 aromatic carbocycles. The lowest BCUT2D eigenvalue weighted by Gasteiger charge is -2.46. The van der Waals surface area contributed by atoms with Gasteiger partial charge >= 0.3 is 6.48 Å². The van der Waals surface area contributed by atoms with E-state index in [1.54, 1.807) is 0 Å². The number of benzene rings is 2. The molecule has 0 bridgehead atoms. The molecule has 0 saturated heterocycles. The van der Waals surface area contributed by atoms with Crippen molar-refractivity contribution in [1.82, 2.24) is 0 Å². The number of hydrogen-bond acceptors (Lipinski definition) is 2. The minimum atomic E-state index is -1.54. The molecule has 0 fully saturated rings. The number of aromatic nitrogens is 1. The highest BCUT2D eigenvalue weighted by Crippen LogP contribution is 2.20. The molecule has 2 heterocycles. The highest BCUT2D eigenvalue weighted by atomic mass is 16.5.